The number of hydrogen-bond donors (Lipinski definition) is 2. The van der Waals surface area contributed by atoms with Gasteiger partial charge in [-0.15, -0.1) is 5.10 Å². The van der Waals surface area contributed by atoms with Crippen LogP contribution in [0, 0.1) is 18.3 Å². The quantitative estimate of drug-likeness (QED) is 0.894. The third-order valence-corrected chi connectivity index (χ3v) is 2.89. The first-order chi connectivity index (χ1) is 9.52. The third-order valence-electron chi connectivity index (χ3n) is 2.89. The lowest BCUT2D eigenvalue weighted by molar-refractivity contribution is 0.101. The van der Waals surface area contributed by atoms with Crippen LogP contribution in [0.25, 0.3) is 0 Å². The Hall–Kier alpha value is -2.68. The third kappa shape index (κ3) is 2.67. The zero-order valence-electron chi connectivity index (χ0n) is 11.6. The van der Waals surface area contributed by atoms with Crippen LogP contribution in [-0.4, -0.2) is 21.1 Å². The van der Waals surface area contributed by atoms with Crippen LogP contribution in [0.15, 0.2) is 18.2 Å². The van der Waals surface area contributed by atoms with E-state index >= 15 is 0 Å². The van der Waals surface area contributed by atoms with E-state index in [4.69, 9.17) is 5.26 Å². The van der Waals surface area contributed by atoms with Crippen molar-refractivity contribution >= 4 is 11.6 Å². The minimum Gasteiger partial charge on any atom is -0.318 e. The first-order valence-corrected chi connectivity index (χ1v) is 6.26. The van der Waals surface area contributed by atoms with Gasteiger partial charge in [-0.25, -0.2) is 4.98 Å². The van der Waals surface area contributed by atoms with Crippen LogP contribution in [0.5, 0.6) is 0 Å². The highest BCUT2D eigenvalue weighted by Crippen LogP contribution is 2.19. The number of nitrogens with zero attached hydrogens (tertiary/aromatic N) is 3. The molecule has 1 heterocycles. The molecule has 2 rings (SSSR count). The molecule has 6 nitrogen and oxygen atoms in total. The van der Waals surface area contributed by atoms with Crippen LogP contribution in [0.2, 0.25) is 0 Å². The number of benzene rings is 1. The summed E-state index contributed by atoms with van der Waals surface area (Å²) in [4.78, 5) is 16.2. The lowest BCUT2D eigenvalue weighted by Gasteiger charge is -2.06. The van der Waals surface area contributed by atoms with Crippen LogP contribution in [0.1, 0.15) is 47.3 Å². The molecule has 2 N–H and O–H groups in total. The number of anilines is 1. The van der Waals surface area contributed by atoms with Crippen LogP contribution < -0.4 is 5.32 Å². The van der Waals surface area contributed by atoms with Crippen molar-refractivity contribution < 1.29 is 4.79 Å². The molecule has 0 unspecified atom stereocenters. The summed E-state index contributed by atoms with van der Waals surface area (Å²) >= 11 is 0. The minimum atomic E-state index is -0.435. The lowest BCUT2D eigenvalue weighted by atomic mass is 10.1. The highest BCUT2D eigenvalue weighted by atomic mass is 16.2. The highest BCUT2D eigenvalue weighted by Gasteiger charge is 2.16. The molecule has 0 fully saturated rings. The molecule has 0 radical (unpaired) electrons. The molecule has 1 aromatic carbocycles. The number of hydrogen-bond acceptors (Lipinski definition) is 4. The molecule has 0 aliphatic rings. The molecule has 0 saturated carbocycles. The van der Waals surface area contributed by atoms with Crippen LogP contribution in [0.3, 0.4) is 0 Å². The molecule has 1 amide bonds. The number of aryl methyl sites for hydroxylation is 1. The second-order valence-corrected chi connectivity index (χ2v) is 4.76. The van der Waals surface area contributed by atoms with E-state index in [9.17, 15) is 4.79 Å². The predicted octanol–water partition coefficient (Wildman–Crippen LogP) is 2.36. The average Bonchev–Trinajstić information content (AvgIpc) is 2.89. The number of nitrogens with one attached hydrogen (secondary N) is 2. The van der Waals surface area contributed by atoms with E-state index in [-0.39, 0.29) is 11.7 Å². The van der Waals surface area contributed by atoms with Gasteiger partial charge in [0.1, 0.15) is 11.9 Å². The van der Waals surface area contributed by atoms with E-state index in [0.717, 1.165) is 5.56 Å². The Labute approximate surface area is 116 Å². The van der Waals surface area contributed by atoms with Gasteiger partial charge in [-0.3, -0.25) is 9.89 Å². The van der Waals surface area contributed by atoms with Crippen molar-refractivity contribution in [1.29, 1.82) is 5.26 Å². The van der Waals surface area contributed by atoms with Gasteiger partial charge in [-0.05, 0) is 18.6 Å². The number of aromatic amines is 1. The molecule has 0 aliphatic carbocycles. The SMILES string of the molecule is Cc1cccc(NC(=O)c2n[nH]c(C(C)C)n2)c1C#N. The summed E-state index contributed by atoms with van der Waals surface area (Å²) in [6.45, 7) is 5.73. The average molecular weight is 269 g/mol. The number of rotatable bonds is 3. The molecular weight excluding hydrogens is 254 g/mol. The minimum absolute atomic E-state index is 0.0686. The molecule has 1 aromatic heterocycles. The van der Waals surface area contributed by atoms with Crippen molar-refractivity contribution in [3.63, 3.8) is 0 Å². The Kier molecular flexibility index (Phi) is 3.80. The molecule has 0 aliphatic heterocycles. The van der Waals surface area contributed by atoms with Gasteiger partial charge in [0.05, 0.1) is 11.3 Å². The lowest BCUT2D eigenvalue weighted by Crippen LogP contribution is -2.15. The van der Waals surface area contributed by atoms with E-state index in [0.29, 0.717) is 17.1 Å². The Morgan fingerprint density at radius 2 is 2.20 bits per heavy atom. The number of aromatic nitrogens is 3. The zero-order chi connectivity index (χ0) is 14.7. The van der Waals surface area contributed by atoms with Crippen molar-refractivity contribution in [2.24, 2.45) is 0 Å². The molecule has 6 heteroatoms. The van der Waals surface area contributed by atoms with E-state index in [1.807, 2.05) is 26.8 Å². The fraction of sp³-hybridized carbons (Fsp3) is 0.286. The van der Waals surface area contributed by atoms with Gasteiger partial charge in [0.15, 0.2) is 0 Å². The molecule has 0 atom stereocenters. The number of H-pyrrole nitrogens is 1. The molecule has 0 saturated heterocycles. The smallest absolute Gasteiger partial charge is 0.295 e. The molecule has 20 heavy (non-hydrogen) atoms. The largest absolute Gasteiger partial charge is 0.318 e. The maximum atomic E-state index is 12.1. The number of carbonyl (C=O) groups is 1. The van der Waals surface area contributed by atoms with Gasteiger partial charge in [-0.1, -0.05) is 26.0 Å². The number of carbonyl (C=O) groups excluding carboxylic acids is 1. The monoisotopic (exact) mass is 269 g/mol. The van der Waals surface area contributed by atoms with Crippen molar-refractivity contribution in [3.8, 4) is 6.07 Å². The van der Waals surface area contributed by atoms with Crippen molar-refractivity contribution in [2.45, 2.75) is 26.7 Å². The predicted molar refractivity (Wildman–Crippen MR) is 74.3 cm³/mol. The standard InChI is InChI=1S/C14H15N5O/c1-8(2)12-17-13(19-18-12)14(20)16-11-6-4-5-9(3)10(11)7-15/h4-6,8H,1-3H3,(H,16,20)(H,17,18,19). The number of amides is 1. The summed E-state index contributed by atoms with van der Waals surface area (Å²) in [5.74, 6) is 0.451. The van der Waals surface area contributed by atoms with Gasteiger partial charge in [0.2, 0.25) is 5.82 Å². The fourth-order valence-electron chi connectivity index (χ4n) is 1.73. The summed E-state index contributed by atoms with van der Waals surface area (Å²) in [5.41, 5.74) is 1.72. The Bertz CT molecular complexity index is 681. The van der Waals surface area contributed by atoms with E-state index < -0.39 is 5.91 Å². The van der Waals surface area contributed by atoms with Crippen molar-refractivity contribution in [2.75, 3.05) is 5.32 Å². The first-order valence-electron chi connectivity index (χ1n) is 6.26. The zero-order valence-corrected chi connectivity index (χ0v) is 11.6. The van der Waals surface area contributed by atoms with Gasteiger partial charge >= 0.3 is 0 Å². The topological polar surface area (TPSA) is 94.5 Å². The van der Waals surface area contributed by atoms with Crippen LogP contribution in [0.4, 0.5) is 5.69 Å². The fourth-order valence-corrected chi connectivity index (χ4v) is 1.73. The van der Waals surface area contributed by atoms with Gasteiger partial charge < -0.3 is 5.32 Å². The number of nitriles is 1. The summed E-state index contributed by atoms with van der Waals surface area (Å²) in [6, 6.07) is 7.36. The highest BCUT2D eigenvalue weighted by molar-refractivity contribution is 6.02. The maximum absolute atomic E-state index is 12.1. The molecule has 2 aromatic rings. The Balaban J connectivity index is 2.24. The first kappa shape index (κ1) is 13.7. The van der Waals surface area contributed by atoms with Gasteiger partial charge in [0.25, 0.3) is 5.91 Å². The summed E-state index contributed by atoms with van der Waals surface area (Å²) in [5, 5.41) is 18.4. The summed E-state index contributed by atoms with van der Waals surface area (Å²) < 4.78 is 0. The van der Waals surface area contributed by atoms with Gasteiger partial charge in [-0.2, -0.15) is 5.26 Å². The van der Waals surface area contributed by atoms with E-state index in [2.05, 4.69) is 26.6 Å². The van der Waals surface area contributed by atoms with E-state index in [1.54, 1.807) is 12.1 Å². The normalized spacial score (nSPS) is 10.3. The van der Waals surface area contributed by atoms with Gasteiger partial charge in [0, 0.05) is 5.92 Å². The molecule has 0 bridgehead atoms. The van der Waals surface area contributed by atoms with Crippen molar-refractivity contribution in [1.82, 2.24) is 15.2 Å². The summed E-state index contributed by atoms with van der Waals surface area (Å²) in [7, 11) is 0. The second-order valence-electron chi connectivity index (χ2n) is 4.76. The van der Waals surface area contributed by atoms with Crippen molar-refractivity contribution in [3.05, 3.63) is 41.0 Å². The molecule has 102 valence electrons. The summed E-state index contributed by atoms with van der Waals surface area (Å²) in [6.07, 6.45) is 0. The maximum Gasteiger partial charge on any atom is 0.295 e. The Morgan fingerprint density at radius 3 is 2.80 bits per heavy atom. The Morgan fingerprint density at radius 1 is 1.45 bits per heavy atom. The van der Waals surface area contributed by atoms with Crippen LogP contribution >= 0.6 is 0 Å². The van der Waals surface area contributed by atoms with E-state index in [1.165, 1.54) is 0 Å². The molecular formula is C14H15N5O. The second kappa shape index (κ2) is 5.53. The van der Waals surface area contributed by atoms with Crippen LogP contribution in [-0.2, 0) is 0 Å². The molecule has 0 spiro atoms.